The molecule has 1 aromatic carbocycles. The third kappa shape index (κ3) is 5.42. The van der Waals surface area contributed by atoms with Gasteiger partial charge in [0.1, 0.15) is 5.75 Å². The van der Waals surface area contributed by atoms with Crippen LogP contribution in [0.3, 0.4) is 0 Å². The van der Waals surface area contributed by atoms with Crippen molar-refractivity contribution in [2.45, 2.75) is 6.42 Å². The first-order chi connectivity index (χ1) is 8.77. The predicted octanol–water partition coefficient (Wildman–Crippen LogP) is 1.98. The van der Waals surface area contributed by atoms with Gasteiger partial charge in [-0.1, -0.05) is 12.1 Å². The third-order valence-corrected chi connectivity index (χ3v) is 3.07. The molecule has 0 atom stereocenters. The smallest absolute Gasteiger partial charge is 0.238 e. The lowest BCUT2D eigenvalue weighted by Crippen LogP contribution is -2.29. The maximum Gasteiger partial charge on any atom is 0.238 e. The van der Waals surface area contributed by atoms with E-state index in [1.807, 2.05) is 36.0 Å². The summed E-state index contributed by atoms with van der Waals surface area (Å²) in [7, 11) is 1.59. The number of carbonyl (C=O) groups is 1. The summed E-state index contributed by atoms with van der Waals surface area (Å²) in [5, 5.41) is 5.93. The molecule has 0 saturated heterocycles. The molecular formula is C13H20N2O2S. The first-order valence-electron chi connectivity index (χ1n) is 5.90. The van der Waals surface area contributed by atoms with E-state index >= 15 is 0 Å². The van der Waals surface area contributed by atoms with Gasteiger partial charge in [-0.2, -0.15) is 11.8 Å². The molecule has 0 aliphatic heterocycles. The van der Waals surface area contributed by atoms with Gasteiger partial charge in [0.25, 0.3) is 0 Å². The number of thioether (sulfide) groups is 1. The number of ether oxygens (including phenoxy) is 1. The number of hydrogen-bond donors (Lipinski definition) is 2. The Morgan fingerprint density at radius 2 is 2.17 bits per heavy atom. The topological polar surface area (TPSA) is 50.4 Å². The second-order valence-corrected chi connectivity index (χ2v) is 4.76. The van der Waals surface area contributed by atoms with Gasteiger partial charge in [-0.25, -0.2) is 0 Å². The molecule has 1 amide bonds. The highest BCUT2D eigenvalue weighted by Crippen LogP contribution is 2.22. The Hall–Kier alpha value is -1.20. The zero-order chi connectivity index (χ0) is 13.2. The number of hydrogen-bond acceptors (Lipinski definition) is 4. The lowest BCUT2D eigenvalue weighted by Gasteiger charge is -2.10. The van der Waals surface area contributed by atoms with Gasteiger partial charge in [0.2, 0.25) is 5.91 Å². The van der Waals surface area contributed by atoms with Gasteiger partial charge in [0.15, 0.2) is 0 Å². The van der Waals surface area contributed by atoms with Crippen LogP contribution in [0, 0.1) is 0 Å². The van der Waals surface area contributed by atoms with E-state index in [1.165, 1.54) is 0 Å². The normalized spacial score (nSPS) is 10.1. The molecule has 0 heterocycles. The maximum atomic E-state index is 11.7. The van der Waals surface area contributed by atoms with E-state index in [2.05, 4.69) is 16.9 Å². The van der Waals surface area contributed by atoms with Gasteiger partial charge in [0.05, 0.1) is 19.3 Å². The van der Waals surface area contributed by atoms with Gasteiger partial charge in [-0.15, -0.1) is 0 Å². The number of amides is 1. The number of carbonyl (C=O) groups excluding carboxylic acids is 1. The van der Waals surface area contributed by atoms with Crippen LogP contribution in [-0.4, -0.2) is 38.1 Å². The van der Waals surface area contributed by atoms with Crippen molar-refractivity contribution in [2.75, 3.05) is 37.5 Å². The van der Waals surface area contributed by atoms with Crippen LogP contribution in [0.15, 0.2) is 24.3 Å². The van der Waals surface area contributed by atoms with E-state index < -0.39 is 0 Å². The van der Waals surface area contributed by atoms with Gasteiger partial charge in [-0.3, -0.25) is 4.79 Å². The highest BCUT2D eigenvalue weighted by atomic mass is 32.2. The number of rotatable bonds is 8. The van der Waals surface area contributed by atoms with Crippen molar-refractivity contribution in [3.05, 3.63) is 24.3 Å². The zero-order valence-corrected chi connectivity index (χ0v) is 11.7. The highest BCUT2D eigenvalue weighted by Gasteiger charge is 2.05. The molecule has 0 bridgehead atoms. The number of nitrogens with one attached hydrogen (secondary N) is 2. The molecule has 0 aromatic heterocycles. The number of benzene rings is 1. The van der Waals surface area contributed by atoms with Gasteiger partial charge in [0, 0.05) is 0 Å². The summed E-state index contributed by atoms with van der Waals surface area (Å²) < 4.78 is 5.17. The number of anilines is 1. The Labute approximate surface area is 112 Å². The van der Waals surface area contributed by atoms with E-state index in [9.17, 15) is 4.79 Å². The minimum atomic E-state index is -0.0522. The van der Waals surface area contributed by atoms with Crippen molar-refractivity contribution in [3.8, 4) is 5.75 Å². The molecule has 0 aliphatic carbocycles. The van der Waals surface area contributed by atoms with E-state index in [0.29, 0.717) is 18.0 Å². The van der Waals surface area contributed by atoms with Crippen molar-refractivity contribution in [2.24, 2.45) is 0 Å². The minimum Gasteiger partial charge on any atom is -0.495 e. The summed E-state index contributed by atoms with van der Waals surface area (Å²) in [5.41, 5.74) is 0.705. The third-order valence-electron chi connectivity index (χ3n) is 2.37. The molecule has 4 nitrogen and oxygen atoms in total. The van der Waals surface area contributed by atoms with Crippen molar-refractivity contribution >= 4 is 23.4 Å². The molecule has 5 heteroatoms. The molecule has 0 unspecified atom stereocenters. The Balaban J connectivity index is 2.31. The van der Waals surface area contributed by atoms with Crippen molar-refractivity contribution in [1.82, 2.24) is 5.32 Å². The summed E-state index contributed by atoms with van der Waals surface area (Å²) in [4.78, 5) is 11.7. The fourth-order valence-corrected chi connectivity index (χ4v) is 1.92. The second-order valence-electron chi connectivity index (χ2n) is 3.77. The molecule has 18 heavy (non-hydrogen) atoms. The fourth-order valence-electron chi connectivity index (χ4n) is 1.49. The van der Waals surface area contributed by atoms with Gasteiger partial charge >= 0.3 is 0 Å². The van der Waals surface area contributed by atoms with Crippen LogP contribution in [0.4, 0.5) is 5.69 Å². The van der Waals surface area contributed by atoms with E-state index in [1.54, 1.807) is 7.11 Å². The lowest BCUT2D eigenvalue weighted by molar-refractivity contribution is -0.115. The van der Waals surface area contributed by atoms with Crippen LogP contribution in [0.1, 0.15) is 6.42 Å². The summed E-state index contributed by atoms with van der Waals surface area (Å²) in [6, 6.07) is 7.38. The van der Waals surface area contributed by atoms with Crippen LogP contribution in [0.5, 0.6) is 5.75 Å². The maximum absolute atomic E-state index is 11.7. The summed E-state index contributed by atoms with van der Waals surface area (Å²) in [6.45, 7) is 1.19. The van der Waals surface area contributed by atoms with Crippen LogP contribution in [0.25, 0.3) is 0 Å². The number of para-hydroxylation sites is 2. The Kier molecular flexibility index (Phi) is 7.29. The Morgan fingerprint density at radius 1 is 1.39 bits per heavy atom. The molecule has 0 aliphatic rings. The lowest BCUT2D eigenvalue weighted by atomic mass is 10.3. The molecule has 2 N–H and O–H groups in total. The predicted molar refractivity (Wildman–Crippen MR) is 77.5 cm³/mol. The van der Waals surface area contributed by atoms with Gasteiger partial charge < -0.3 is 15.4 Å². The zero-order valence-electron chi connectivity index (χ0n) is 10.9. The first-order valence-corrected chi connectivity index (χ1v) is 7.30. The second kappa shape index (κ2) is 8.83. The first kappa shape index (κ1) is 14.9. The summed E-state index contributed by atoms with van der Waals surface area (Å²) in [6.07, 6.45) is 3.15. The Morgan fingerprint density at radius 3 is 2.89 bits per heavy atom. The molecule has 0 radical (unpaired) electrons. The van der Waals surface area contributed by atoms with Crippen molar-refractivity contribution in [3.63, 3.8) is 0 Å². The molecule has 1 rings (SSSR count). The molecule has 100 valence electrons. The molecule has 1 aromatic rings. The standard InChI is InChI=1S/C13H20N2O2S/c1-17-12-7-4-3-6-11(12)15-13(16)10-14-8-5-9-18-2/h3-4,6-7,14H,5,8-10H2,1-2H3,(H,15,16). The highest BCUT2D eigenvalue weighted by molar-refractivity contribution is 7.98. The van der Waals surface area contributed by atoms with Crippen molar-refractivity contribution < 1.29 is 9.53 Å². The molecule has 0 saturated carbocycles. The average Bonchev–Trinajstić information content (AvgIpc) is 2.39. The van der Waals surface area contributed by atoms with Crippen LogP contribution >= 0.6 is 11.8 Å². The number of methoxy groups -OCH3 is 1. The average molecular weight is 268 g/mol. The van der Waals surface area contributed by atoms with E-state index in [0.717, 1.165) is 18.7 Å². The monoisotopic (exact) mass is 268 g/mol. The van der Waals surface area contributed by atoms with Crippen LogP contribution in [0.2, 0.25) is 0 Å². The van der Waals surface area contributed by atoms with E-state index in [4.69, 9.17) is 4.74 Å². The Bertz CT molecular complexity index is 372. The van der Waals surface area contributed by atoms with Crippen LogP contribution in [-0.2, 0) is 4.79 Å². The quantitative estimate of drug-likeness (QED) is 0.708. The van der Waals surface area contributed by atoms with Crippen LogP contribution < -0.4 is 15.4 Å². The molecular weight excluding hydrogens is 248 g/mol. The summed E-state index contributed by atoms with van der Waals surface area (Å²) >= 11 is 1.81. The molecule has 0 fully saturated rings. The summed E-state index contributed by atoms with van der Waals surface area (Å²) in [5.74, 6) is 1.73. The largest absolute Gasteiger partial charge is 0.495 e. The fraction of sp³-hybridized carbons (Fsp3) is 0.462. The minimum absolute atomic E-state index is 0.0522. The SMILES string of the molecule is COc1ccccc1NC(=O)CNCCCSC. The molecule has 0 spiro atoms. The van der Waals surface area contributed by atoms with E-state index in [-0.39, 0.29) is 5.91 Å². The van der Waals surface area contributed by atoms with Gasteiger partial charge in [-0.05, 0) is 37.1 Å². The van der Waals surface area contributed by atoms with Crippen molar-refractivity contribution in [1.29, 1.82) is 0 Å².